The molecule has 3 aromatic carbocycles. The van der Waals surface area contributed by atoms with Crippen LogP contribution in [0, 0.1) is 0 Å². The number of carbonyl (C=O) groups excluding carboxylic acids is 2. The lowest BCUT2D eigenvalue weighted by Crippen LogP contribution is -2.44. The highest BCUT2D eigenvalue weighted by atomic mass is 16.5. The summed E-state index contributed by atoms with van der Waals surface area (Å²) in [7, 11) is 0. The van der Waals surface area contributed by atoms with Crippen molar-refractivity contribution >= 4 is 23.6 Å². The lowest BCUT2D eigenvalue weighted by atomic mass is 9.93. The second-order valence-electron chi connectivity index (χ2n) is 9.78. The molecule has 210 valence electrons. The number of rotatable bonds is 11. The Morgan fingerprint density at radius 3 is 2.12 bits per heavy atom. The minimum Gasteiger partial charge on any atom is -0.490 e. The molecule has 3 amide bonds. The summed E-state index contributed by atoms with van der Waals surface area (Å²) in [6, 6.07) is 21.0. The summed E-state index contributed by atoms with van der Waals surface area (Å²) in [6.07, 6.45) is 4.67. The number of carboxylic acid groups (broad SMARTS) is 1. The lowest BCUT2D eigenvalue weighted by Gasteiger charge is -2.29. The number of nitrogens with one attached hydrogen (secondary N) is 3. The van der Waals surface area contributed by atoms with Gasteiger partial charge in [-0.1, -0.05) is 31.2 Å². The van der Waals surface area contributed by atoms with E-state index in [2.05, 4.69) is 16.0 Å². The van der Waals surface area contributed by atoms with Crippen molar-refractivity contribution in [2.45, 2.75) is 57.6 Å². The number of carboxylic acids is 1. The monoisotopic (exact) mass is 545 g/mol. The number of para-hydroxylation sites is 1. The van der Waals surface area contributed by atoms with Gasteiger partial charge in [0.05, 0.1) is 23.8 Å². The Kier molecular flexibility index (Phi) is 9.99. The molecule has 9 nitrogen and oxygen atoms in total. The van der Waals surface area contributed by atoms with Gasteiger partial charge in [-0.3, -0.25) is 4.79 Å². The van der Waals surface area contributed by atoms with Crippen LogP contribution in [0.15, 0.2) is 72.8 Å². The number of anilines is 1. The Bertz CT molecular complexity index is 1290. The fraction of sp³-hybridized carbons (Fsp3) is 0.323. The van der Waals surface area contributed by atoms with Gasteiger partial charge < -0.3 is 30.5 Å². The van der Waals surface area contributed by atoms with E-state index in [0.717, 1.165) is 43.4 Å². The Morgan fingerprint density at radius 1 is 0.850 bits per heavy atom. The molecule has 1 aliphatic rings. The first-order chi connectivity index (χ1) is 19.4. The number of hydrogen-bond acceptors (Lipinski definition) is 5. The van der Waals surface area contributed by atoms with E-state index in [1.165, 1.54) is 6.07 Å². The summed E-state index contributed by atoms with van der Waals surface area (Å²) in [6.45, 7) is 2.71. The van der Waals surface area contributed by atoms with Crippen LogP contribution in [0.2, 0.25) is 0 Å². The molecule has 4 N–H and O–H groups in total. The van der Waals surface area contributed by atoms with Crippen molar-refractivity contribution in [3.05, 3.63) is 83.9 Å². The number of aromatic carboxylic acids is 1. The zero-order valence-corrected chi connectivity index (χ0v) is 22.5. The van der Waals surface area contributed by atoms with Gasteiger partial charge in [-0.2, -0.15) is 0 Å². The molecule has 0 spiro atoms. The number of carbonyl (C=O) groups is 3. The van der Waals surface area contributed by atoms with Crippen molar-refractivity contribution in [1.82, 2.24) is 10.6 Å². The smallest absolute Gasteiger partial charge is 0.337 e. The van der Waals surface area contributed by atoms with E-state index in [-0.39, 0.29) is 41.8 Å². The minimum absolute atomic E-state index is 0.0457. The molecule has 0 aromatic heterocycles. The van der Waals surface area contributed by atoms with Gasteiger partial charge in [0.1, 0.15) is 17.2 Å². The Labute approximate surface area is 233 Å². The van der Waals surface area contributed by atoms with Crippen molar-refractivity contribution < 1.29 is 29.0 Å². The van der Waals surface area contributed by atoms with E-state index in [0.29, 0.717) is 18.0 Å². The number of urea groups is 1. The number of hydrogen-bond donors (Lipinski definition) is 4. The van der Waals surface area contributed by atoms with E-state index in [9.17, 15) is 19.5 Å². The minimum atomic E-state index is -1.10. The highest BCUT2D eigenvalue weighted by Gasteiger charge is 2.23. The van der Waals surface area contributed by atoms with Crippen LogP contribution in [0.25, 0.3) is 0 Å². The molecule has 0 aliphatic heterocycles. The van der Waals surface area contributed by atoms with Crippen molar-refractivity contribution in [2.75, 3.05) is 11.9 Å². The van der Waals surface area contributed by atoms with Gasteiger partial charge in [0.2, 0.25) is 5.91 Å². The second-order valence-corrected chi connectivity index (χ2v) is 9.78. The summed E-state index contributed by atoms with van der Waals surface area (Å²) in [4.78, 5) is 35.6. The maximum absolute atomic E-state index is 12.4. The predicted octanol–water partition coefficient (Wildman–Crippen LogP) is 5.76. The molecular formula is C31H35N3O6. The van der Waals surface area contributed by atoms with Crippen LogP contribution in [-0.4, -0.2) is 41.7 Å². The van der Waals surface area contributed by atoms with E-state index >= 15 is 0 Å². The van der Waals surface area contributed by atoms with Crippen LogP contribution >= 0.6 is 0 Å². The van der Waals surface area contributed by atoms with Crippen LogP contribution in [0.1, 0.15) is 54.9 Å². The molecule has 1 aliphatic carbocycles. The fourth-order valence-corrected chi connectivity index (χ4v) is 4.55. The van der Waals surface area contributed by atoms with Gasteiger partial charge in [0.15, 0.2) is 0 Å². The van der Waals surface area contributed by atoms with E-state index in [1.807, 2.05) is 31.2 Å². The maximum atomic E-state index is 12.4. The third kappa shape index (κ3) is 8.49. The number of benzene rings is 3. The highest BCUT2D eigenvalue weighted by molar-refractivity contribution is 6.01. The molecular weight excluding hydrogens is 510 g/mol. The zero-order valence-electron chi connectivity index (χ0n) is 22.5. The summed E-state index contributed by atoms with van der Waals surface area (Å²) in [5.74, 6) is 0.661. The average Bonchev–Trinajstić information content (AvgIpc) is 2.95. The first kappa shape index (κ1) is 28.5. The lowest BCUT2D eigenvalue weighted by molar-refractivity contribution is -0.115. The molecule has 0 heterocycles. The molecule has 3 aromatic rings. The van der Waals surface area contributed by atoms with E-state index < -0.39 is 5.97 Å². The molecule has 0 bridgehead atoms. The second kappa shape index (κ2) is 14.0. The number of amides is 3. The summed E-state index contributed by atoms with van der Waals surface area (Å²) < 4.78 is 12.1. The van der Waals surface area contributed by atoms with E-state index in [4.69, 9.17) is 9.47 Å². The van der Waals surface area contributed by atoms with Crippen LogP contribution in [0.4, 0.5) is 10.5 Å². The van der Waals surface area contributed by atoms with Gasteiger partial charge in [-0.15, -0.1) is 0 Å². The zero-order chi connectivity index (χ0) is 28.3. The van der Waals surface area contributed by atoms with Crippen LogP contribution in [-0.2, 0) is 11.2 Å². The fourth-order valence-electron chi connectivity index (χ4n) is 4.55. The highest BCUT2D eigenvalue weighted by Crippen LogP contribution is 2.28. The molecule has 4 rings (SSSR count). The third-order valence-corrected chi connectivity index (χ3v) is 6.63. The Morgan fingerprint density at radius 2 is 1.48 bits per heavy atom. The average molecular weight is 546 g/mol. The SMILES string of the molecule is CCCNC(=O)NC1CCC(Oc2ccc(Oc3ccc(CC(=O)Nc4ccccc4C(=O)O)cc3)cc2)CC1. The topological polar surface area (TPSA) is 126 Å². The van der Waals surface area contributed by atoms with Gasteiger partial charge in [-0.05, 0) is 86.2 Å². The predicted molar refractivity (Wildman–Crippen MR) is 152 cm³/mol. The van der Waals surface area contributed by atoms with Gasteiger partial charge in [0, 0.05) is 12.6 Å². The molecule has 1 saturated carbocycles. The van der Waals surface area contributed by atoms with E-state index in [1.54, 1.807) is 42.5 Å². The summed E-state index contributed by atoms with van der Waals surface area (Å²) in [5.41, 5.74) is 1.08. The Balaban J connectivity index is 1.21. The molecule has 1 fully saturated rings. The first-order valence-corrected chi connectivity index (χ1v) is 13.6. The molecule has 0 saturated heterocycles. The van der Waals surface area contributed by atoms with Crippen molar-refractivity contribution in [2.24, 2.45) is 0 Å². The van der Waals surface area contributed by atoms with Gasteiger partial charge in [-0.25, -0.2) is 9.59 Å². The standard InChI is InChI=1S/C31H35N3O6/c1-2-19-32-31(38)33-22-9-13-24(14-10-22)40-26-17-15-25(16-18-26)39-23-11-7-21(8-12-23)20-29(35)34-28-6-4-3-5-27(28)30(36)37/h3-8,11-12,15-18,22,24H,2,9-10,13-14,19-20H2,1H3,(H,34,35)(H,36,37)(H2,32,33,38). The van der Waals surface area contributed by atoms with Gasteiger partial charge in [0.25, 0.3) is 0 Å². The summed E-state index contributed by atoms with van der Waals surface area (Å²) >= 11 is 0. The summed E-state index contributed by atoms with van der Waals surface area (Å²) in [5, 5.41) is 17.8. The largest absolute Gasteiger partial charge is 0.490 e. The normalized spacial score (nSPS) is 16.4. The molecule has 40 heavy (non-hydrogen) atoms. The molecule has 0 unspecified atom stereocenters. The number of ether oxygens (including phenoxy) is 2. The van der Waals surface area contributed by atoms with Gasteiger partial charge >= 0.3 is 12.0 Å². The van der Waals surface area contributed by atoms with Crippen LogP contribution in [0.5, 0.6) is 17.2 Å². The molecule has 9 heteroatoms. The quantitative estimate of drug-likeness (QED) is 0.243. The molecule has 0 atom stereocenters. The Hall–Kier alpha value is -4.53. The first-order valence-electron chi connectivity index (χ1n) is 13.6. The van der Waals surface area contributed by atoms with Crippen molar-refractivity contribution in [3.8, 4) is 17.2 Å². The van der Waals surface area contributed by atoms with Crippen LogP contribution < -0.4 is 25.4 Å². The third-order valence-electron chi connectivity index (χ3n) is 6.63. The van der Waals surface area contributed by atoms with Crippen molar-refractivity contribution in [1.29, 1.82) is 0 Å². The maximum Gasteiger partial charge on any atom is 0.337 e. The van der Waals surface area contributed by atoms with Crippen LogP contribution in [0.3, 0.4) is 0 Å². The van der Waals surface area contributed by atoms with Crippen molar-refractivity contribution in [3.63, 3.8) is 0 Å². The molecule has 0 radical (unpaired) electrons.